The third-order valence-corrected chi connectivity index (χ3v) is 2.74. The van der Waals surface area contributed by atoms with Gasteiger partial charge in [0.05, 0.1) is 0 Å². The van der Waals surface area contributed by atoms with Gasteiger partial charge in [-0.05, 0) is 0 Å². The lowest BCUT2D eigenvalue weighted by Crippen LogP contribution is -2.39. The third-order valence-electron chi connectivity index (χ3n) is 1.54. The van der Waals surface area contributed by atoms with Crippen LogP contribution in [0.3, 0.4) is 0 Å². The van der Waals surface area contributed by atoms with Crippen molar-refractivity contribution in [1.82, 2.24) is 5.32 Å². The van der Waals surface area contributed by atoms with Crippen molar-refractivity contribution >= 4 is 28.9 Å². The van der Waals surface area contributed by atoms with Gasteiger partial charge in [-0.2, -0.15) is 0 Å². The Morgan fingerprint density at radius 3 is 2.58 bits per heavy atom. The van der Waals surface area contributed by atoms with Gasteiger partial charge in [-0.3, -0.25) is 14.9 Å². The molecule has 1 saturated heterocycles. The number of hydrogen-bond donors (Lipinski definition) is 1. The smallest absolute Gasteiger partial charge is 0.286 e. The van der Waals surface area contributed by atoms with Gasteiger partial charge in [-0.1, -0.05) is 18.7 Å². The van der Waals surface area contributed by atoms with Crippen LogP contribution in [0.25, 0.3) is 0 Å². The molecular formula is C6H6NO4S-. The lowest BCUT2D eigenvalue weighted by molar-refractivity contribution is -0.310. The standard InChI is InChI=1S/C6H7NO4S/c1-2(5(9)10)3-4(8)7-6(11)12-3/h2-3H,1H3,(H,9,10)(H,7,8,11)/p-1/t2-,3-/m1/s1. The van der Waals surface area contributed by atoms with Crippen LogP contribution in [0.15, 0.2) is 0 Å². The van der Waals surface area contributed by atoms with E-state index in [0.29, 0.717) is 11.8 Å². The summed E-state index contributed by atoms with van der Waals surface area (Å²) in [7, 11) is 0. The Labute approximate surface area is 72.5 Å². The molecule has 0 aromatic heterocycles. The first-order valence-corrected chi connectivity index (χ1v) is 4.12. The lowest BCUT2D eigenvalue weighted by Gasteiger charge is -2.15. The average molecular weight is 188 g/mol. The van der Waals surface area contributed by atoms with Crippen LogP contribution < -0.4 is 10.4 Å². The molecule has 1 N–H and O–H groups in total. The highest BCUT2D eigenvalue weighted by atomic mass is 32.2. The van der Waals surface area contributed by atoms with Gasteiger partial charge in [0.2, 0.25) is 5.91 Å². The number of carboxylic acids is 1. The fourth-order valence-electron chi connectivity index (χ4n) is 0.823. The second-order valence-corrected chi connectivity index (χ2v) is 3.54. The van der Waals surface area contributed by atoms with Crippen LogP contribution in [0, 0.1) is 5.92 Å². The monoisotopic (exact) mass is 188 g/mol. The first-order valence-electron chi connectivity index (χ1n) is 3.24. The van der Waals surface area contributed by atoms with Crippen LogP contribution in [0.2, 0.25) is 0 Å². The summed E-state index contributed by atoms with van der Waals surface area (Å²) in [6.07, 6.45) is 0. The Balaban J connectivity index is 2.70. The Kier molecular flexibility index (Phi) is 2.37. The number of carboxylic acid groups (broad SMARTS) is 1. The SMILES string of the molecule is C[C@@H](C(=O)[O-])[C@H]1SC(=O)NC1=O. The molecule has 0 unspecified atom stereocenters. The molecule has 1 aliphatic heterocycles. The Morgan fingerprint density at radius 2 is 2.25 bits per heavy atom. The molecule has 0 saturated carbocycles. The van der Waals surface area contributed by atoms with Crippen LogP contribution in [0.1, 0.15) is 6.92 Å². The van der Waals surface area contributed by atoms with Crippen LogP contribution in [-0.4, -0.2) is 22.4 Å². The van der Waals surface area contributed by atoms with Gasteiger partial charge in [0.1, 0.15) is 5.25 Å². The molecule has 1 aliphatic rings. The maximum atomic E-state index is 10.9. The highest BCUT2D eigenvalue weighted by Crippen LogP contribution is 2.25. The van der Waals surface area contributed by atoms with E-state index < -0.39 is 28.3 Å². The number of nitrogens with one attached hydrogen (secondary N) is 1. The largest absolute Gasteiger partial charge is 0.550 e. The molecule has 2 amide bonds. The van der Waals surface area contributed by atoms with Gasteiger partial charge in [0, 0.05) is 11.9 Å². The van der Waals surface area contributed by atoms with Gasteiger partial charge in [0.15, 0.2) is 0 Å². The summed E-state index contributed by atoms with van der Waals surface area (Å²) >= 11 is 0.690. The molecule has 5 nitrogen and oxygen atoms in total. The molecule has 0 radical (unpaired) electrons. The topological polar surface area (TPSA) is 86.3 Å². The van der Waals surface area contributed by atoms with Crippen molar-refractivity contribution in [3.63, 3.8) is 0 Å². The minimum atomic E-state index is -1.32. The predicted octanol–water partition coefficient (Wildman–Crippen LogP) is -1.28. The molecule has 0 aromatic rings. The summed E-state index contributed by atoms with van der Waals surface area (Å²) in [5.74, 6) is -2.82. The Bertz CT molecular complexity index is 252. The normalized spacial score (nSPS) is 25.2. The molecule has 0 aromatic carbocycles. The first-order chi connectivity index (χ1) is 5.52. The molecule has 1 heterocycles. The number of carbonyl (C=O) groups excluding carboxylic acids is 3. The predicted molar refractivity (Wildman–Crippen MR) is 39.1 cm³/mol. The fraction of sp³-hybridized carbons (Fsp3) is 0.500. The summed E-state index contributed by atoms with van der Waals surface area (Å²) in [5, 5.41) is 11.0. The second-order valence-electron chi connectivity index (χ2n) is 2.42. The van der Waals surface area contributed by atoms with E-state index in [2.05, 4.69) is 0 Å². The zero-order chi connectivity index (χ0) is 9.30. The zero-order valence-corrected chi connectivity index (χ0v) is 7.01. The van der Waals surface area contributed by atoms with Gasteiger partial charge < -0.3 is 9.90 Å². The zero-order valence-electron chi connectivity index (χ0n) is 6.20. The summed E-state index contributed by atoms with van der Waals surface area (Å²) in [4.78, 5) is 31.8. The maximum absolute atomic E-state index is 10.9. The number of thioether (sulfide) groups is 1. The van der Waals surface area contributed by atoms with Crippen molar-refractivity contribution < 1.29 is 19.5 Å². The number of amides is 2. The molecular weight excluding hydrogens is 182 g/mol. The average Bonchev–Trinajstić information content (AvgIpc) is 2.28. The highest BCUT2D eigenvalue weighted by Gasteiger charge is 2.36. The van der Waals surface area contributed by atoms with Gasteiger partial charge in [-0.25, -0.2) is 0 Å². The van der Waals surface area contributed by atoms with E-state index in [4.69, 9.17) is 0 Å². The van der Waals surface area contributed by atoms with Crippen molar-refractivity contribution in [3.8, 4) is 0 Å². The Morgan fingerprint density at radius 1 is 1.67 bits per heavy atom. The summed E-state index contributed by atoms with van der Waals surface area (Å²) < 4.78 is 0. The van der Waals surface area contributed by atoms with Crippen molar-refractivity contribution in [3.05, 3.63) is 0 Å². The molecule has 6 heteroatoms. The van der Waals surface area contributed by atoms with Gasteiger partial charge in [-0.15, -0.1) is 0 Å². The summed E-state index contributed by atoms with van der Waals surface area (Å²) in [6, 6.07) is 0. The van der Waals surface area contributed by atoms with Crippen molar-refractivity contribution in [1.29, 1.82) is 0 Å². The quantitative estimate of drug-likeness (QED) is 0.583. The minimum Gasteiger partial charge on any atom is -0.550 e. The number of rotatable bonds is 2. The second kappa shape index (κ2) is 3.14. The number of carbonyl (C=O) groups is 3. The van der Waals surface area contributed by atoms with Crippen LogP contribution in [0.5, 0.6) is 0 Å². The fourth-order valence-corrected chi connectivity index (χ4v) is 1.69. The van der Waals surface area contributed by atoms with Crippen molar-refractivity contribution in [2.75, 3.05) is 0 Å². The number of hydrogen-bond acceptors (Lipinski definition) is 5. The van der Waals surface area contributed by atoms with Crippen molar-refractivity contribution in [2.24, 2.45) is 5.92 Å². The van der Waals surface area contributed by atoms with E-state index in [9.17, 15) is 19.5 Å². The Hall–Kier alpha value is -1.04. The summed E-state index contributed by atoms with van der Waals surface area (Å²) in [6.45, 7) is 1.34. The van der Waals surface area contributed by atoms with Crippen LogP contribution in [-0.2, 0) is 9.59 Å². The molecule has 0 aliphatic carbocycles. The molecule has 12 heavy (non-hydrogen) atoms. The first kappa shape index (κ1) is 9.05. The maximum Gasteiger partial charge on any atom is 0.286 e. The van der Waals surface area contributed by atoms with E-state index in [-0.39, 0.29) is 0 Å². The molecule has 66 valence electrons. The molecule has 2 atom stereocenters. The molecule has 1 rings (SSSR count). The minimum absolute atomic E-state index is 0.502. The van der Waals surface area contributed by atoms with Crippen molar-refractivity contribution in [2.45, 2.75) is 12.2 Å². The van der Waals surface area contributed by atoms with E-state index >= 15 is 0 Å². The van der Waals surface area contributed by atoms with Crippen LogP contribution in [0.4, 0.5) is 4.79 Å². The van der Waals surface area contributed by atoms with E-state index in [0.717, 1.165) is 0 Å². The van der Waals surface area contributed by atoms with E-state index in [1.54, 1.807) is 0 Å². The highest BCUT2D eigenvalue weighted by molar-refractivity contribution is 8.15. The number of aliphatic carboxylic acids is 1. The molecule has 1 fully saturated rings. The number of imide groups is 1. The van der Waals surface area contributed by atoms with Crippen LogP contribution >= 0.6 is 11.8 Å². The van der Waals surface area contributed by atoms with E-state index in [1.165, 1.54) is 6.92 Å². The molecule has 0 bridgehead atoms. The van der Waals surface area contributed by atoms with Gasteiger partial charge >= 0.3 is 0 Å². The third kappa shape index (κ3) is 1.58. The van der Waals surface area contributed by atoms with E-state index in [1.807, 2.05) is 5.32 Å². The van der Waals surface area contributed by atoms with Gasteiger partial charge in [0.25, 0.3) is 5.24 Å². The molecule has 0 spiro atoms. The summed E-state index contributed by atoms with van der Waals surface area (Å²) in [5.41, 5.74) is 0. The lowest BCUT2D eigenvalue weighted by atomic mass is 10.1.